The Morgan fingerprint density at radius 3 is 2.88 bits per heavy atom. The van der Waals surface area contributed by atoms with Gasteiger partial charge in [0.2, 0.25) is 0 Å². The standard InChI is InChI=1S/C18H30N4OS.HI/c1-4-15-14(3)24-16(21-15)6-9-20-17(19-5-2)22-10-7-18(12-22)8-11-23-13-18;/h4-13H2,1-3H3,(H,19,20);1H. The Kier molecular flexibility index (Phi) is 7.94. The maximum Gasteiger partial charge on any atom is 0.193 e. The largest absolute Gasteiger partial charge is 0.381 e. The van der Waals surface area contributed by atoms with Gasteiger partial charge in [0.25, 0.3) is 0 Å². The van der Waals surface area contributed by atoms with Gasteiger partial charge in [0, 0.05) is 49.5 Å². The third-order valence-corrected chi connectivity index (χ3v) is 6.19. The van der Waals surface area contributed by atoms with Crippen LogP contribution in [0.1, 0.15) is 42.3 Å². The maximum absolute atomic E-state index is 5.64. The summed E-state index contributed by atoms with van der Waals surface area (Å²) in [6, 6.07) is 0. The van der Waals surface area contributed by atoms with Crippen molar-refractivity contribution in [2.75, 3.05) is 39.4 Å². The van der Waals surface area contributed by atoms with Gasteiger partial charge in [0.1, 0.15) is 0 Å². The number of ether oxygens (including phenoxy) is 1. The van der Waals surface area contributed by atoms with Gasteiger partial charge in [-0.05, 0) is 33.1 Å². The first-order chi connectivity index (χ1) is 11.7. The van der Waals surface area contributed by atoms with Gasteiger partial charge in [0.05, 0.1) is 17.3 Å². The Morgan fingerprint density at radius 2 is 2.24 bits per heavy atom. The van der Waals surface area contributed by atoms with Gasteiger partial charge in [-0.2, -0.15) is 0 Å². The molecule has 0 radical (unpaired) electrons. The number of rotatable bonds is 5. The molecule has 1 aromatic rings. The molecular weight excluding hydrogens is 447 g/mol. The van der Waals surface area contributed by atoms with Gasteiger partial charge in [-0.1, -0.05) is 6.92 Å². The summed E-state index contributed by atoms with van der Waals surface area (Å²) < 4.78 is 5.64. The third-order valence-electron chi connectivity index (χ3n) is 5.12. The topological polar surface area (TPSA) is 49.8 Å². The van der Waals surface area contributed by atoms with Crippen LogP contribution >= 0.6 is 35.3 Å². The van der Waals surface area contributed by atoms with E-state index in [1.54, 1.807) is 0 Å². The summed E-state index contributed by atoms with van der Waals surface area (Å²) in [7, 11) is 0. The zero-order valence-electron chi connectivity index (χ0n) is 15.6. The number of aliphatic imine (C=N–C) groups is 1. The Labute approximate surface area is 172 Å². The lowest BCUT2D eigenvalue weighted by molar-refractivity contribution is 0.156. The molecule has 0 bridgehead atoms. The molecule has 3 heterocycles. The fraction of sp³-hybridized carbons (Fsp3) is 0.778. The van der Waals surface area contributed by atoms with E-state index in [2.05, 4.69) is 31.0 Å². The first kappa shape index (κ1) is 20.9. The monoisotopic (exact) mass is 478 g/mol. The van der Waals surface area contributed by atoms with Crippen molar-refractivity contribution < 1.29 is 4.74 Å². The van der Waals surface area contributed by atoms with E-state index in [9.17, 15) is 0 Å². The maximum atomic E-state index is 5.64. The lowest BCUT2D eigenvalue weighted by Gasteiger charge is -2.24. The number of hydrogen-bond donors (Lipinski definition) is 1. The normalized spacial score (nSPS) is 23.3. The van der Waals surface area contributed by atoms with Crippen molar-refractivity contribution in [1.29, 1.82) is 0 Å². The molecule has 1 aromatic heterocycles. The van der Waals surface area contributed by atoms with Crippen LogP contribution in [0.25, 0.3) is 0 Å². The highest BCUT2D eigenvalue weighted by atomic mass is 127. The molecule has 2 fully saturated rings. The lowest BCUT2D eigenvalue weighted by atomic mass is 9.87. The SMILES string of the molecule is CCNC(=NCCc1nc(CC)c(C)s1)N1CCC2(CCOC2)C1.I. The van der Waals surface area contributed by atoms with Crippen LogP contribution in [0.5, 0.6) is 0 Å². The van der Waals surface area contributed by atoms with Crippen LogP contribution in [0, 0.1) is 12.3 Å². The van der Waals surface area contributed by atoms with Gasteiger partial charge in [-0.3, -0.25) is 4.99 Å². The van der Waals surface area contributed by atoms with E-state index in [1.165, 1.54) is 28.4 Å². The number of nitrogens with one attached hydrogen (secondary N) is 1. The zero-order chi connectivity index (χ0) is 17.0. The van der Waals surface area contributed by atoms with Crippen LogP contribution in [0.2, 0.25) is 0 Å². The summed E-state index contributed by atoms with van der Waals surface area (Å²) in [4.78, 5) is 13.4. The zero-order valence-corrected chi connectivity index (χ0v) is 18.8. The van der Waals surface area contributed by atoms with Gasteiger partial charge in [-0.25, -0.2) is 4.98 Å². The van der Waals surface area contributed by atoms with Gasteiger partial charge >= 0.3 is 0 Å². The average Bonchev–Trinajstić information content (AvgIpc) is 3.29. The Morgan fingerprint density at radius 1 is 1.40 bits per heavy atom. The molecule has 1 unspecified atom stereocenters. The summed E-state index contributed by atoms with van der Waals surface area (Å²) in [6.07, 6.45) is 4.37. The molecule has 1 spiro atoms. The highest BCUT2D eigenvalue weighted by Gasteiger charge is 2.42. The predicted octanol–water partition coefficient (Wildman–Crippen LogP) is 3.25. The van der Waals surface area contributed by atoms with Crippen molar-refractivity contribution in [3.63, 3.8) is 0 Å². The quantitative estimate of drug-likeness (QED) is 0.401. The average molecular weight is 478 g/mol. The number of likely N-dealkylation sites (tertiary alicyclic amines) is 1. The summed E-state index contributed by atoms with van der Waals surface area (Å²) in [5.41, 5.74) is 1.62. The van der Waals surface area contributed by atoms with Crippen LogP contribution in [0.15, 0.2) is 4.99 Å². The van der Waals surface area contributed by atoms with Crippen molar-refractivity contribution in [3.8, 4) is 0 Å². The minimum absolute atomic E-state index is 0. The molecule has 3 rings (SSSR count). The van der Waals surface area contributed by atoms with E-state index < -0.39 is 0 Å². The lowest BCUT2D eigenvalue weighted by Crippen LogP contribution is -2.41. The summed E-state index contributed by atoms with van der Waals surface area (Å²) in [6.45, 7) is 12.2. The molecule has 25 heavy (non-hydrogen) atoms. The first-order valence-corrected chi connectivity index (χ1v) is 10.0. The van der Waals surface area contributed by atoms with E-state index in [0.717, 1.165) is 58.2 Å². The predicted molar refractivity (Wildman–Crippen MR) is 115 cm³/mol. The van der Waals surface area contributed by atoms with E-state index in [1.807, 2.05) is 11.3 Å². The van der Waals surface area contributed by atoms with Crippen molar-refractivity contribution in [2.45, 2.75) is 46.5 Å². The second-order valence-corrected chi connectivity index (χ2v) is 8.21. The molecule has 142 valence electrons. The molecule has 7 heteroatoms. The van der Waals surface area contributed by atoms with Crippen molar-refractivity contribution in [3.05, 3.63) is 15.6 Å². The molecule has 0 aliphatic carbocycles. The molecular formula is C18H31IN4OS. The highest BCUT2D eigenvalue weighted by molar-refractivity contribution is 14.0. The molecule has 2 aliphatic heterocycles. The van der Waals surface area contributed by atoms with Crippen LogP contribution in [0.4, 0.5) is 0 Å². The van der Waals surface area contributed by atoms with Gasteiger partial charge in [-0.15, -0.1) is 35.3 Å². The molecule has 0 saturated carbocycles. The third kappa shape index (κ3) is 5.07. The van der Waals surface area contributed by atoms with Gasteiger partial charge in [0.15, 0.2) is 5.96 Å². The summed E-state index contributed by atoms with van der Waals surface area (Å²) in [5.74, 6) is 1.06. The van der Waals surface area contributed by atoms with Crippen molar-refractivity contribution in [2.24, 2.45) is 10.4 Å². The fourth-order valence-electron chi connectivity index (χ4n) is 3.69. The molecule has 2 aliphatic rings. The molecule has 1 atom stereocenters. The smallest absolute Gasteiger partial charge is 0.193 e. The number of aryl methyl sites for hydroxylation is 2. The fourth-order valence-corrected chi connectivity index (χ4v) is 4.70. The minimum Gasteiger partial charge on any atom is -0.381 e. The Bertz CT molecular complexity index is 584. The second-order valence-electron chi connectivity index (χ2n) is 6.92. The van der Waals surface area contributed by atoms with Gasteiger partial charge < -0.3 is 15.0 Å². The Hall–Kier alpha value is -0.410. The van der Waals surface area contributed by atoms with E-state index in [0.29, 0.717) is 5.41 Å². The molecule has 1 N–H and O–H groups in total. The number of hydrogen-bond acceptors (Lipinski definition) is 4. The second kappa shape index (κ2) is 9.50. The van der Waals surface area contributed by atoms with E-state index >= 15 is 0 Å². The van der Waals surface area contributed by atoms with Crippen molar-refractivity contribution >= 4 is 41.3 Å². The molecule has 0 aromatic carbocycles. The molecule has 5 nitrogen and oxygen atoms in total. The summed E-state index contributed by atoms with van der Waals surface area (Å²) in [5, 5.41) is 4.68. The van der Waals surface area contributed by atoms with Crippen LogP contribution < -0.4 is 5.32 Å². The first-order valence-electron chi connectivity index (χ1n) is 9.22. The van der Waals surface area contributed by atoms with E-state index in [-0.39, 0.29) is 24.0 Å². The number of thiazole rings is 1. The van der Waals surface area contributed by atoms with Crippen molar-refractivity contribution in [1.82, 2.24) is 15.2 Å². The number of guanidine groups is 1. The van der Waals surface area contributed by atoms with Crippen LogP contribution in [-0.4, -0.2) is 55.2 Å². The highest BCUT2D eigenvalue weighted by Crippen LogP contribution is 2.38. The minimum atomic E-state index is 0. The van der Waals surface area contributed by atoms with Crippen LogP contribution in [0.3, 0.4) is 0 Å². The number of aromatic nitrogens is 1. The van der Waals surface area contributed by atoms with E-state index in [4.69, 9.17) is 14.7 Å². The summed E-state index contributed by atoms with van der Waals surface area (Å²) >= 11 is 1.82. The Balaban J connectivity index is 0.00000225. The number of halogens is 1. The molecule has 2 saturated heterocycles. The van der Waals surface area contributed by atoms with Crippen LogP contribution in [-0.2, 0) is 17.6 Å². The number of nitrogens with zero attached hydrogens (tertiary/aromatic N) is 3. The molecule has 0 amide bonds.